The van der Waals surface area contributed by atoms with Gasteiger partial charge in [-0.2, -0.15) is 0 Å². The summed E-state index contributed by atoms with van der Waals surface area (Å²) in [7, 11) is 0. The van der Waals surface area contributed by atoms with Gasteiger partial charge in [0.15, 0.2) is 5.69 Å². The van der Waals surface area contributed by atoms with Crippen molar-refractivity contribution in [2.75, 3.05) is 0 Å². The number of hydrogen-bond donors (Lipinski definition) is 3. The number of benzene rings is 1. The van der Waals surface area contributed by atoms with Crippen molar-refractivity contribution in [3.05, 3.63) is 53.9 Å². The molecule has 0 saturated heterocycles. The van der Waals surface area contributed by atoms with E-state index < -0.39 is 6.04 Å². The van der Waals surface area contributed by atoms with Crippen LogP contribution in [0.3, 0.4) is 0 Å². The molecular formula is C21H28N4O2. The molecule has 0 aliphatic carbocycles. The van der Waals surface area contributed by atoms with Gasteiger partial charge in [0.25, 0.3) is 5.91 Å². The molecule has 0 spiro atoms. The fourth-order valence-corrected chi connectivity index (χ4v) is 3.14. The molecule has 4 N–H and O–H groups in total. The van der Waals surface area contributed by atoms with Gasteiger partial charge in [0.05, 0.1) is 6.04 Å². The third-order valence-electron chi connectivity index (χ3n) is 4.74. The van der Waals surface area contributed by atoms with Gasteiger partial charge in [-0.25, -0.2) is 4.98 Å². The van der Waals surface area contributed by atoms with Crippen molar-refractivity contribution in [1.82, 2.24) is 15.3 Å². The van der Waals surface area contributed by atoms with Crippen LogP contribution in [-0.4, -0.2) is 21.9 Å². The molecule has 6 heteroatoms. The second-order valence-electron chi connectivity index (χ2n) is 7.59. The highest BCUT2D eigenvalue weighted by molar-refractivity contribution is 5.92. The van der Waals surface area contributed by atoms with Crippen LogP contribution in [0.2, 0.25) is 0 Å². The minimum Gasteiger partial charge on any atom is -0.446 e. The number of carbonyl (C=O) groups excluding carboxylic acids is 1. The molecule has 2 aromatic heterocycles. The van der Waals surface area contributed by atoms with Crippen LogP contribution >= 0.6 is 0 Å². The first kappa shape index (κ1) is 19.2. The van der Waals surface area contributed by atoms with E-state index in [1.807, 2.05) is 31.3 Å². The van der Waals surface area contributed by atoms with E-state index in [4.69, 9.17) is 10.2 Å². The Kier molecular flexibility index (Phi) is 5.96. The van der Waals surface area contributed by atoms with Gasteiger partial charge < -0.3 is 20.5 Å². The Labute approximate surface area is 159 Å². The second-order valence-corrected chi connectivity index (χ2v) is 7.59. The third-order valence-corrected chi connectivity index (χ3v) is 4.74. The number of aromatic amines is 1. The maximum absolute atomic E-state index is 12.3. The van der Waals surface area contributed by atoms with E-state index in [9.17, 15) is 4.79 Å². The summed E-state index contributed by atoms with van der Waals surface area (Å²) in [5.41, 5.74) is 8.72. The van der Waals surface area contributed by atoms with E-state index in [-0.39, 0.29) is 17.6 Å². The molecule has 6 nitrogen and oxygen atoms in total. The molecule has 0 aliphatic rings. The van der Waals surface area contributed by atoms with Crippen LogP contribution in [0.1, 0.15) is 61.6 Å². The van der Waals surface area contributed by atoms with Crippen molar-refractivity contribution in [3.8, 4) is 0 Å². The summed E-state index contributed by atoms with van der Waals surface area (Å²) in [5.74, 6) is 0.770. The van der Waals surface area contributed by atoms with Gasteiger partial charge in [-0.3, -0.25) is 4.79 Å². The van der Waals surface area contributed by atoms with Crippen molar-refractivity contribution >= 4 is 16.8 Å². The molecule has 1 aromatic carbocycles. The highest BCUT2D eigenvalue weighted by Crippen LogP contribution is 2.23. The Morgan fingerprint density at radius 3 is 2.81 bits per heavy atom. The highest BCUT2D eigenvalue weighted by atomic mass is 16.3. The molecule has 2 atom stereocenters. The van der Waals surface area contributed by atoms with Gasteiger partial charge in [0.1, 0.15) is 6.26 Å². The normalized spacial score (nSPS) is 13.8. The van der Waals surface area contributed by atoms with E-state index in [1.54, 1.807) is 0 Å². The largest absolute Gasteiger partial charge is 0.446 e. The Balaban J connectivity index is 1.61. The zero-order valence-corrected chi connectivity index (χ0v) is 16.2. The first-order valence-corrected chi connectivity index (χ1v) is 9.51. The van der Waals surface area contributed by atoms with Gasteiger partial charge in [0, 0.05) is 23.1 Å². The number of aromatic nitrogens is 2. The second kappa shape index (κ2) is 8.39. The number of carbonyl (C=O) groups is 1. The SMILES string of the molecule is CC(C)CCC(C)NC(=O)c1coc(C(N)Cc2c[nH]c3ccccc23)n1. The Morgan fingerprint density at radius 2 is 2.04 bits per heavy atom. The van der Waals surface area contributed by atoms with Crippen LogP contribution in [0.5, 0.6) is 0 Å². The number of rotatable bonds is 8. The van der Waals surface area contributed by atoms with E-state index in [1.165, 1.54) is 6.26 Å². The number of oxazole rings is 1. The quantitative estimate of drug-likeness (QED) is 0.561. The average molecular weight is 368 g/mol. The molecule has 0 saturated carbocycles. The molecular weight excluding hydrogens is 340 g/mol. The molecule has 27 heavy (non-hydrogen) atoms. The van der Waals surface area contributed by atoms with Crippen LogP contribution in [0.25, 0.3) is 10.9 Å². The number of fused-ring (bicyclic) bond motifs is 1. The summed E-state index contributed by atoms with van der Waals surface area (Å²) in [4.78, 5) is 19.9. The molecule has 2 heterocycles. The van der Waals surface area contributed by atoms with Crippen LogP contribution in [0, 0.1) is 5.92 Å². The minimum absolute atomic E-state index is 0.0972. The predicted octanol–water partition coefficient (Wildman–Crippen LogP) is 3.95. The minimum atomic E-state index is -0.413. The molecule has 1 amide bonds. The number of hydrogen-bond acceptors (Lipinski definition) is 4. The lowest BCUT2D eigenvalue weighted by atomic mass is 10.0. The number of nitrogens with one attached hydrogen (secondary N) is 2. The summed E-state index contributed by atoms with van der Waals surface area (Å²) in [5, 5.41) is 4.10. The van der Waals surface area contributed by atoms with Crippen LogP contribution in [-0.2, 0) is 6.42 Å². The number of nitrogens with zero attached hydrogens (tertiary/aromatic N) is 1. The Bertz CT molecular complexity index is 896. The number of para-hydroxylation sites is 1. The molecule has 0 bridgehead atoms. The first-order valence-electron chi connectivity index (χ1n) is 9.51. The zero-order valence-electron chi connectivity index (χ0n) is 16.2. The summed E-state index contributed by atoms with van der Waals surface area (Å²) >= 11 is 0. The maximum Gasteiger partial charge on any atom is 0.273 e. The monoisotopic (exact) mass is 368 g/mol. The van der Waals surface area contributed by atoms with Crippen molar-refractivity contribution in [1.29, 1.82) is 0 Å². The fraction of sp³-hybridized carbons (Fsp3) is 0.429. The lowest BCUT2D eigenvalue weighted by molar-refractivity contribution is 0.0932. The maximum atomic E-state index is 12.3. The van der Waals surface area contributed by atoms with E-state index in [0.717, 1.165) is 29.3 Å². The molecule has 3 aromatic rings. The van der Waals surface area contributed by atoms with Crippen molar-refractivity contribution in [2.45, 2.75) is 52.1 Å². The van der Waals surface area contributed by atoms with Gasteiger partial charge in [-0.05, 0) is 43.7 Å². The predicted molar refractivity (Wildman–Crippen MR) is 106 cm³/mol. The van der Waals surface area contributed by atoms with Gasteiger partial charge in [-0.1, -0.05) is 32.0 Å². The van der Waals surface area contributed by atoms with Gasteiger partial charge in [0.2, 0.25) is 5.89 Å². The van der Waals surface area contributed by atoms with Crippen LogP contribution in [0.4, 0.5) is 0 Å². The zero-order chi connectivity index (χ0) is 19.4. The Hall–Kier alpha value is -2.60. The Morgan fingerprint density at radius 1 is 1.26 bits per heavy atom. The van der Waals surface area contributed by atoms with E-state index in [0.29, 0.717) is 18.2 Å². The molecule has 2 unspecified atom stereocenters. The highest BCUT2D eigenvalue weighted by Gasteiger charge is 2.19. The summed E-state index contributed by atoms with van der Waals surface area (Å²) in [6.45, 7) is 6.35. The van der Waals surface area contributed by atoms with Crippen molar-refractivity contribution < 1.29 is 9.21 Å². The third kappa shape index (κ3) is 4.77. The molecule has 0 aliphatic heterocycles. The number of amides is 1. The summed E-state index contributed by atoms with van der Waals surface area (Å²) < 4.78 is 5.48. The fourth-order valence-electron chi connectivity index (χ4n) is 3.14. The summed E-state index contributed by atoms with van der Waals surface area (Å²) in [6, 6.07) is 7.76. The van der Waals surface area contributed by atoms with E-state index >= 15 is 0 Å². The molecule has 0 radical (unpaired) electrons. The van der Waals surface area contributed by atoms with Crippen molar-refractivity contribution in [3.63, 3.8) is 0 Å². The molecule has 3 rings (SSSR count). The van der Waals surface area contributed by atoms with Crippen molar-refractivity contribution in [2.24, 2.45) is 11.7 Å². The number of H-pyrrole nitrogens is 1. The van der Waals surface area contributed by atoms with Crippen LogP contribution in [0.15, 0.2) is 41.1 Å². The topological polar surface area (TPSA) is 96.9 Å². The van der Waals surface area contributed by atoms with Gasteiger partial charge in [-0.15, -0.1) is 0 Å². The average Bonchev–Trinajstić information content (AvgIpc) is 3.28. The van der Waals surface area contributed by atoms with Crippen LogP contribution < -0.4 is 11.1 Å². The van der Waals surface area contributed by atoms with E-state index in [2.05, 4.69) is 35.2 Å². The summed E-state index contributed by atoms with van der Waals surface area (Å²) in [6.07, 6.45) is 5.93. The lowest BCUT2D eigenvalue weighted by Gasteiger charge is -2.13. The first-order chi connectivity index (χ1) is 12.9. The molecule has 0 fully saturated rings. The molecule has 144 valence electrons. The van der Waals surface area contributed by atoms with Gasteiger partial charge >= 0.3 is 0 Å². The smallest absolute Gasteiger partial charge is 0.273 e. The number of nitrogens with two attached hydrogens (primary N) is 1. The standard InChI is InChI=1S/C21H28N4O2/c1-13(2)8-9-14(3)24-20(26)19-12-27-21(25-19)17(22)10-15-11-23-18-7-5-4-6-16(15)18/h4-7,11-14,17,23H,8-10,22H2,1-3H3,(H,24,26). The lowest BCUT2D eigenvalue weighted by Crippen LogP contribution is -2.33.